The van der Waals surface area contributed by atoms with E-state index in [9.17, 15) is 0 Å². The van der Waals surface area contributed by atoms with E-state index >= 15 is 0 Å². The Morgan fingerprint density at radius 1 is 0.962 bits per heavy atom. The molecule has 0 N–H and O–H groups in total. The molecular formula is C21H30N4O. The van der Waals surface area contributed by atoms with Crippen LogP contribution in [0.2, 0.25) is 0 Å². The fourth-order valence-electron chi connectivity index (χ4n) is 4.57. The zero-order valence-electron chi connectivity index (χ0n) is 16.9. The van der Waals surface area contributed by atoms with E-state index in [1.165, 1.54) is 33.8 Å². The Balaban J connectivity index is 1.62. The summed E-state index contributed by atoms with van der Waals surface area (Å²) in [4.78, 5) is 5.00. The van der Waals surface area contributed by atoms with E-state index in [1.54, 1.807) is 0 Å². The highest BCUT2D eigenvalue weighted by atomic mass is 16.5. The van der Waals surface area contributed by atoms with Gasteiger partial charge in [-0.1, -0.05) is 0 Å². The van der Waals surface area contributed by atoms with Crippen molar-refractivity contribution in [1.82, 2.24) is 9.78 Å². The highest BCUT2D eigenvalue weighted by molar-refractivity contribution is 5.70. The number of nitrogens with zero attached hydrogens (tertiary/aromatic N) is 4. The lowest BCUT2D eigenvalue weighted by Gasteiger charge is -2.39. The molecule has 1 saturated heterocycles. The van der Waals surface area contributed by atoms with Gasteiger partial charge in [0, 0.05) is 57.0 Å². The second-order valence-electron chi connectivity index (χ2n) is 8.36. The van der Waals surface area contributed by atoms with Crippen molar-refractivity contribution in [2.45, 2.75) is 46.6 Å². The summed E-state index contributed by atoms with van der Waals surface area (Å²) in [5, 5.41) is 4.31. The lowest BCUT2D eigenvalue weighted by atomic mass is 9.92. The number of fused-ring (bicyclic) bond motifs is 1. The normalized spacial score (nSPS) is 18.8. The van der Waals surface area contributed by atoms with Crippen molar-refractivity contribution in [2.75, 3.05) is 36.0 Å². The van der Waals surface area contributed by atoms with Crippen LogP contribution in [0.5, 0.6) is 5.75 Å². The van der Waals surface area contributed by atoms with Crippen LogP contribution in [0.4, 0.5) is 11.5 Å². The molecule has 4 rings (SSSR count). The Morgan fingerprint density at radius 2 is 1.62 bits per heavy atom. The predicted molar refractivity (Wildman–Crippen MR) is 107 cm³/mol. The highest BCUT2D eigenvalue weighted by Gasteiger charge is 2.35. The number of aromatic nitrogens is 2. The summed E-state index contributed by atoms with van der Waals surface area (Å²) < 4.78 is 8.24. The molecular weight excluding hydrogens is 324 g/mol. The summed E-state index contributed by atoms with van der Waals surface area (Å²) in [6.07, 6.45) is 2.87. The van der Waals surface area contributed by atoms with Gasteiger partial charge in [0.25, 0.3) is 0 Å². The molecule has 2 aliphatic rings. The van der Waals surface area contributed by atoms with Gasteiger partial charge >= 0.3 is 0 Å². The van der Waals surface area contributed by atoms with Crippen LogP contribution >= 0.6 is 0 Å². The first-order valence-electron chi connectivity index (χ1n) is 9.58. The van der Waals surface area contributed by atoms with Crippen molar-refractivity contribution in [1.29, 1.82) is 0 Å². The molecule has 0 unspecified atom stereocenters. The van der Waals surface area contributed by atoms with Crippen LogP contribution in [0.3, 0.4) is 0 Å². The molecule has 1 fully saturated rings. The SMILES string of the molecule is Cc1c(C)c(N2CCN(c3ccnn3C)CC2)c(C)c2c1OC(C)(C)C2. The Kier molecular flexibility index (Phi) is 3.94. The molecule has 0 atom stereocenters. The van der Waals surface area contributed by atoms with Crippen LogP contribution in [0.1, 0.15) is 36.1 Å². The van der Waals surface area contributed by atoms with E-state index in [-0.39, 0.29) is 5.60 Å². The van der Waals surface area contributed by atoms with Crippen LogP contribution in [-0.2, 0) is 13.5 Å². The number of rotatable bonds is 2. The zero-order chi connectivity index (χ0) is 18.6. The van der Waals surface area contributed by atoms with Crippen molar-refractivity contribution in [2.24, 2.45) is 7.05 Å². The summed E-state index contributed by atoms with van der Waals surface area (Å²) in [7, 11) is 2.02. The third-order valence-corrected chi connectivity index (χ3v) is 6.04. The number of benzene rings is 1. The fourth-order valence-corrected chi connectivity index (χ4v) is 4.57. The number of ether oxygens (including phenoxy) is 1. The molecule has 0 spiro atoms. The molecule has 140 valence electrons. The molecule has 2 aromatic rings. The maximum absolute atomic E-state index is 6.27. The average Bonchev–Trinajstić information content (AvgIpc) is 3.16. The second-order valence-corrected chi connectivity index (χ2v) is 8.36. The summed E-state index contributed by atoms with van der Waals surface area (Å²) in [6.45, 7) is 15.2. The number of hydrogen-bond donors (Lipinski definition) is 0. The molecule has 1 aromatic carbocycles. The largest absolute Gasteiger partial charge is 0.487 e. The van der Waals surface area contributed by atoms with Crippen LogP contribution in [-0.4, -0.2) is 41.6 Å². The minimum atomic E-state index is -0.0961. The first-order valence-corrected chi connectivity index (χ1v) is 9.58. The van der Waals surface area contributed by atoms with Gasteiger partial charge in [0.2, 0.25) is 0 Å². The van der Waals surface area contributed by atoms with Crippen molar-refractivity contribution in [3.63, 3.8) is 0 Å². The van der Waals surface area contributed by atoms with Crippen LogP contribution in [0.15, 0.2) is 12.3 Å². The van der Waals surface area contributed by atoms with E-state index in [2.05, 4.69) is 55.6 Å². The van der Waals surface area contributed by atoms with Gasteiger partial charge in [-0.15, -0.1) is 0 Å². The number of anilines is 2. The van der Waals surface area contributed by atoms with E-state index < -0.39 is 0 Å². The van der Waals surface area contributed by atoms with Crippen molar-refractivity contribution < 1.29 is 4.74 Å². The Hall–Kier alpha value is -2.17. The smallest absolute Gasteiger partial charge is 0.127 e. The molecule has 5 heteroatoms. The zero-order valence-corrected chi connectivity index (χ0v) is 16.9. The molecule has 0 aliphatic carbocycles. The van der Waals surface area contributed by atoms with Gasteiger partial charge < -0.3 is 14.5 Å². The fraction of sp³-hybridized carbons (Fsp3) is 0.571. The van der Waals surface area contributed by atoms with Gasteiger partial charge in [-0.05, 0) is 51.3 Å². The molecule has 0 bridgehead atoms. The lowest BCUT2D eigenvalue weighted by molar-refractivity contribution is 0.137. The van der Waals surface area contributed by atoms with Crippen molar-refractivity contribution in [3.05, 3.63) is 34.5 Å². The van der Waals surface area contributed by atoms with Gasteiger partial charge in [-0.3, -0.25) is 4.68 Å². The quantitative estimate of drug-likeness (QED) is 0.828. The molecule has 0 amide bonds. The number of hydrogen-bond acceptors (Lipinski definition) is 4. The van der Waals surface area contributed by atoms with E-state index in [4.69, 9.17) is 4.74 Å². The third-order valence-electron chi connectivity index (χ3n) is 6.04. The minimum absolute atomic E-state index is 0.0961. The van der Waals surface area contributed by atoms with Gasteiger partial charge in [-0.25, -0.2) is 0 Å². The van der Waals surface area contributed by atoms with Gasteiger partial charge in [-0.2, -0.15) is 5.10 Å². The standard InChI is InChI=1S/C21H30N4O/c1-14-15(2)20-17(13-21(4,5)26-20)16(3)19(14)25-11-9-24(10-12-25)18-7-8-22-23(18)6/h7-8H,9-13H2,1-6H3. The maximum Gasteiger partial charge on any atom is 0.127 e. The minimum Gasteiger partial charge on any atom is -0.487 e. The first-order chi connectivity index (χ1) is 12.3. The average molecular weight is 354 g/mol. The molecule has 26 heavy (non-hydrogen) atoms. The van der Waals surface area contributed by atoms with Crippen LogP contribution < -0.4 is 14.5 Å². The second kappa shape index (κ2) is 5.93. The van der Waals surface area contributed by atoms with Gasteiger partial charge in [0.1, 0.15) is 17.2 Å². The number of piperazine rings is 1. The molecule has 0 saturated carbocycles. The lowest BCUT2D eigenvalue weighted by Crippen LogP contribution is -2.47. The Morgan fingerprint density at radius 3 is 2.23 bits per heavy atom. The topological polar surface area (TPSA) is 33.5 Å². The van der Waals surface area contributed by atoms with Gasteiger partial charge in [0.05, 0.1) is 6.20 Å². The molecule has 2 aliphatic heterocycles. The highest BCUT2D eigenvalue weighted by Crippen LogP contribution is 2.45. The predicted octanol–water partition coefficient (Wildman–Crippen LogP) is 3.39. The Labute approximate surface area is 156 Å². The van der Waals surface area contributed by atoms with Crippen molar-refractivity contribution >= 4 is 11.5 Å². The van der Waals surface area contributed by atoms with Crippen LogP contribution in [0.25, 0.3) is 0 Å². The van der Waals surface area contributed by atoms with Gasteiger partial charge in [0.15, 0.2) is 0 Å². The third kappa shape index (κ3) is 2.65. The molecule has 3 heterocycles. The Bertz CT molecular complexity index is 844. The van der Waals surface area contributed by atoms with Crippen LogP contribution in [0, 0.1) is 20.8 Å². The number of aryl methyl sites for hydroxylation is 1. The van der Waals surface area contributed by atoms with E-state index in [1.807, 2.05) is 17.9 Å². The molecule has 0 radical (unpaired) electrons. The summed E-state index contributed by atoms with van der Waals surface area (Å²) in [5.74, 6) is 2.33. The molecule has 5 nitrogen and oxygen atoms in total. The van der Waals surface area contributed by atoms with E-state index in [0.717, 1.165) is 38.3 Å². The van der Waals surface area contributed by atoms with E-state index in [0.29, 0.717) is 0 Å². The summed E-state index contributed by atoms with van der Waals surface area (Å²) in [6, 6.07) is 2.10. The van der Waals surface area contributed by atoms with Crippen molar-refractivity contribution in [3.8, 4) is 5.75 Å². The monoisotopic (exact) mass is 354 g/mol. The summed E-state index contributed by atoms with van der Waals surface area (Å²) in [5.41, 5.74) is 6.81. The maximum atomic E-state index is 6.27. The first kappa shape index (κ1) is 17.3. The summed E-state index contributed by atoms with van der Waals surface area (Å²) >= 11 is 0. The molecule has 1 aromatic heterocycles.